The summed E-state index contributed by atoms with van der Waals surface area (Å²) in [7, 11) is 0. The van der Waals surface area contributed by atoms with Gasteiger partial charge in [0.2, 0.25) is 0 Å². The molecule has 0 aliphatic carbocycles. The number of carbonyl (C=O) groups excluding carboxylic acids is 1. The molecule has 0 radical (unpaired) electrons. The zero-order valence-corrected chi connectivity index (χ0v) is 13.7. The zero-order chi connectivity index (χ0) is 17.8. The minimum atomic E-state index is -0.777. The van der Waals surface area contributed by atoms with Crippen molar-refractivity contribution in [3.63, 3.8) is 0 Å². The second-order valence-electron chi connectivity index (χ2n) is 6.33. The predicted octanol–water partition coefficient (Wildman–Crippen LogP) is 2.93. The molecule has 1 saturated heterocycles. The third kappa shape index (κ3) is 4.04. The summed E-state index contributed by atoms with van der Waals surface area (Å²) in [5, 5.41) is 15.6. The minimum absolute atomic E-state index is 0.107. The summed E-state index contributed by atoms with van der Waals surface area (Å²) in [6.45, 7) is 1.22. The molecule has 0 atom stereocenters. The van der Waals surface area contributed by atoms with E-state index in [-0.39, 0.29) is 18.1 Å². The molecule has 1 aromatic heterocycles. The SMILES string of the molecule is O=C(O)CCC1CCN(C(=O)c2cn[nH]c2-c2ccc(F)cc2)CC1. The largest absolute Gasteiger partial charge is 0.481 e. The van der Waals surface area contributed by atoms with Crippen LogP contribution in [0.25, 0.3) is 11.3 Å². The highest BCUT2D eigenvalue weighted by Gasteiger charge is 2.26. The first-order valence-corrected chi connectivity index (χ1v) is 8.35. The van der Waals surface area contributed by atoms with Crippen LogP contribution in [0.2, 0.25) is 0 Å². The van der Waals surface area contributed by atoms with Crippen LogP contribution in [0.4, 0.5) is 4.39 Å². The van der Waals surface area contributed by atoms with Crippen molar-refractivity contribution in [2.24, 2.45) is 5.92 Å². The van der Waals surface area contributed by atoms with Gasteiger partial charge in [0.05, 0.1) is 17.5 Å². The molecular weight excluding hydrogens is 325 g/mol. The first-order chi connectivity index (χ1) is 12.0. The number of H-pyrrole nitrogens is 1. The number of aliphatic carboxylic acids is 1. The van der Waals surface area contributed by atoms with Crippen molar-refractivity contribution >= 4 is 11.9 Å². The minimum Gasteiger partial charge on any atom is -0.481 e. The Balaban J connectivity index is 1.66. The van der Waals surface area contributed by atoms with Gasteiger partial charge < -0.3 is 10.0 Å². The summed E-state index contributed by atoms with van der Waals surface area (Å²) in [4.78, 5) is 25.2. The number of benzene rings is 1. The Morgan fingerprint density at radius 1 is 1.24 bits per heavy atom. The lowest BCUT2D eigenvalue weighted by Crippen LogP contribution is -2.38. The Hall–Kier alpha value is -2.70. The van der Waals surface area contributed by atoms with Gasteiger partial charge >= 0.3 is 5.97 Å². The molecule has 0 bridgehead atoms. The molecule has 0 spiro atoms. The van der Waals surface area contributed by atoms with Crippen LogP contribution in [0.1, 0.15) is 36.0 Å². The topological polar surface area (TPSA) is 86.3 Å². The standard InChI is InChI=1S/C18H20FN3O3/c19-14-4-2-13(3-5-14)17-15(11-20-21-17)18(25)22-9-7-12(8-10-22)1-6-16(23)24/h2-5,11-12H,1,6-10H2,(H,20,21)(H,23,24). The van der Waals surface area contributed by atoms with Gasteiger partial charge in [-0.2, -0.15) is 5.10 Å². The van der Waals surface area contributed by atoms with Gasteiger partial charge in [0, 0.05) is 25.1 Å². The maximum Gasteiger partial charge on any atom is 0.303 e. The van der Waals surface area contributed by atoms with E-state index in [2.05, 4.69) is 10.2 Å². The quantitative estimate of drug-likeness (QED) is 0.872. The number of piperidine rings is 1. The lowest BCUT2D eigenvalue weighted by Gasteiger charge is -2.31. The Morgan fingerprint density at radius 3 is 2.56 bits per heavy atom. The number of nitrogens with zero attached hydrogens (tertiary/aromatic N) is 2. The fraction of sp³-hybridized carbons (Fsp3) is 0.389. The summed E-state index contributed by atoms with van der Waals surface area (Å²) in [6, 6.07) is 5.91. The van der Waals surface area contributed by atoms with E-state index >= 15 is 0 Å². The molecule has 132 valence electrons. The molecule has 3 rings (SSSR count). The molecule has 2 aromatic rings. The Labute approximate surface area is 144 Å². The van der Waals surface area contributed by atoms with E-state index in [9.17, 15) is 14.0 Å². The molecule has 1 amide bonds. The van der Waals surface area contributed by atoms with Crippen molar-refractivity contribution in [1.29, 1.82) is 0 Å². The lowest BCUT2D eigenvalue weighted by molar-refractivity contribution is -0.137. The van der Waals surface area contributed by atoms with Crippen LogP contribution in [0.15, 0.2) is 30.5 Å². The van der Waals surface area contributed by atoms with E-state index < -0.39 is 5.97 Å². The summed E-state index contributed by atoms with van der Waals surface area (Å²) >= 11 is 0. The van der Waals surface area contributed by atoms with Crippen molar-refractivity contribution in [1.82, 2.24) is 15.1 Å². The van der Waals surface area contributed by atoms with Crippen molar-refractivity contribution in [2.45, 2.75) is 25.7 Å². The third-order valence-corrected chi connectivity index (χ3v) is 4.67. The molecule has 1 aliphatic heterocycles. The average molecular weight is 345 g/mol. The van der Waals surface area contributed by atoms with Crippen molar-refractivity contribution in [3.8, 4) is 11.3 Å². The predicted molar refractivity (Wildman–Crippen MR) is 89.5 cm³/mol. The number of nitrogens with one attached hydrogen (secondary N) is 1. The number of halogens is 1. The molecule has 0 saturated carbocycles. The number of aromatic amines is 1. The number of rotatable bonds is 5. The number of carboxylic acids is 1. The van der Waals surface area contributed by atoms with Gasteiger partial charge in [-0.05, 0) is 49.4 Å². The molecule has 25 heavy (non-hydrogen) atoms. The zero-order valence-electron chi connectivity index (χ0n) is 13.7. The van der Waals surface area contributed by atoms with Crippen LogP contribution < -0.4 is 0 Å². The highest BCUT2D eigenvalue weighted by molar-refractivity contribution is 5.99. The number of hydrogen-bond acceptors (Lipinski definition) is 3. The fourth-order valence-electron chi connectivity index (χ4n) is 3.21. The average Bonchev–Trinajstić information content (AvgIpc) is 3.10. The van der Waals surface area contributed by atoms with Crippen LogP contribution in [-0.2, 0) is 4.79 Å². The number of aromatic nitrogens is 2. The van der Waals surface area contributed by atoms with Gasteiger partial charge in [-0.3, -0.25) is 14.7 Å². The molecular formula is C18H20FN3O3. The molecule has 2 N–H and O–H groups in total. The van der Waals surface area contributed by atoms with E-state index in [1.807, 2.05) is 0 Å². The summed E-state index contributed by atoms with van der Waals surface area (Å²) < 4.78 is 13.1. The molecule has 7 heteroatoms. The first kappa shape index (κ1) is 17.1. The van der Waals surface area contributed by atoms with E-state index in [1.54, 1.807) is 17.0 Å². The number of amides is 1. The summed E-state index contributed by atoms with van der Waals surface area (Å²) in [5.41, 5.74) is 1.76. The van der Waals surface area contributed by atoms with Crippen LogP contribution in [0.5, 0.6) is 0 Å². The lowest BCUT2D eigenvalue weighted by atomic mass is 9.92. The van der Waals surface area contributed by atoms with Gasteiger partial charge in [-0.15, -0.1) is 0 Å². The Kier molecular flexibility index (Phi) is 5.11. The van der Waals surface area contributed by atoms with Crippen molar-refractivity contribution in [2.75, 3.05) is 13.1 Å². The van der Waals surface area contributed by atoms with Crippen LogP contribution in [-0.4, -0.2) is 45.2 Å². The molecule has 1 fully saturated rings. The van der Waals surface area contributed by atoms with Gasteiger partial charge in [0.1, 0.15) is 5.82 Å². The second kappa shape index (κ2) is 7.46. The Bertz CT molecular complexity index is 749. The van der Waals surface area contributed by atoms with Gasteiger partial charge in [0.15, 0.2) is 0 Å². The van der Waals surface area contributed by atoms with Gasteiger partial charge in [-0.25, -0.2) is 4.39 Å². The maximum atomic E-state index is 13.1. The van der Waals surface area contributed by atoms with Crippen LogP contribution in [0.3, 0.4) is 0 Å². The second-order valence-corrected chi connectivity index (χ2v) is 6.33. The molecule has 1 aliphatic rings. The maximum absolute atomic E-state index is 13.1. The smallest absolute Gasteiger partial charge is 0.303 e. The van der Waals surface area contributed by atoms with Gasteiger partial charge in [0.25, 0.3) is 5.91 Å². The summed E-state index contributed by atoms with van der Waals surface area (Å²) in [6.07, 6.45) is 3.95. The summed E-state index contributed by atoms with van der Waals surface area (Å²) in [5.74, 6) is -0.869. The number of likely N-dealkylation sites (tertiary alicyclic amines) is 1. The molecule has 0 unspecified atom stereocenters. The highest BCUT2D eigenvalue weighted by atomic mass is 19.1. The van der Waals surface area contributed by atoms with Gasteiger partial charge in [-0.1, -0.05) is 0 Å². The van der Waals surface area contributed by atoms with Crippen molar-refractivity contribution < 1.29 is 19.1 Å². The van der Waals surface area contributed by atoms with E-state index in [4.69, 9.17) is 5.11 Å². The monoisotopic (exact) mass is 345 g/mol. The fourth-order valence-corrected chi connectivity index (χ4v) is 3.21. The van der Waals surface area contributed by atoms with E-state index in [0.717, 1.165) is 12.8 Å². The van der Waals surface area contributed by atoms with Crippen LogP contribution >= 0.6 is 0 Å². The molecule has 2 heterocycles. The number of carboxylic acid groups (broad SMARTS) is 1. The first-order valence-electron chi connectivity index (χ1n) is 8.35. The normalized spacial score (nSPS) is 15.3. The molecule has 6 nitrogen and oxygen atoms in total. The van der Waals surface area contributed by atoms with E-state index in [0.29, 0.717) is 42.2 Å². The Morgan fingerprint density at radius 2 is 1.92 bits per heavy atom. The molecule has 1 aromatic carbocycles. The highest BCUT2D eigenvalue weighted by Crippen LogP contribution is 2.26. The number of carbonyl (C=O) groups is 2. The van der Waals surface area contributed by atoms with Crippen molar-refractivity contribution in [3.05, 3.63) is 41.8 Å². The number of hydrogen-bond donors (Lipinski definition) is 2. The van der Waals surface area contributed by atoms with E-state index in [1.165, 1.54) is 18.3 Å². The third-order valence-electron chi connectivity index (χ3n) is 4.67. The van der Waals surface area contributed by atoms with Crippen LogP contribution in [0, 0.1) is 11.7 Å².